The van der Waals surface area contributed by atoms with Gasteiger partial charge in [-0.15, -0.1) is 22.7 Å². The first-order chi connectivity index (χ1) is 17.0. The lowest BCUT2D eigenvalue weighted by Gasteiger charge is -1.95. The van der Waals surface area contributed by atoms with Crippen molar-refractivity contribution < 1.29 is 25.9 Å². The van der Waals surface area contributed by atoms with E-state index in [1.54, 1.807) is 22.7 Å². The molecule has 8 N–H and O–H groups in total. The zero-order valence-electron chi connectivity index (χ0n) is 19.8. The molecule has 0 fully saturated rings. The van der Waals surface area contributed by atoms with Crippen molar-refractivity contribution in [3.63, 3.8) is 0 Å². The molecule has 0 spiro atoms. The number of nitrogens with zero attached hydrogens (tertiary/aromatic N) is 2. The minimum absolute atomic E-state index is 0.0793. The summed E-state index contributed by atoms with van der Waals surface area (Å²) in [4.78, 5) is 9.34. The van der Waals surface area contributed by atoms with E-state index in [1.165, 1.54) is 0 Å². The van der Waals surface area contributed by atoms with Crippen LogP contribution in [0, 0.1) is 10.8 Å². The number of aryl methyl sites for hydroxylation is 2. The third-order valence-electron chi connectivity index (χ3n) is 4.27. The van der Waals surface area contributed by atoms with E-state index in [2.05, 4.69) is 9.97 Å². The summed E-state index contributed by atoms with van der Waals surface area (Å²) in [5.74, 6) is 0.159. The van der Waals surface area contributed by atoms with Crippen LogP contribution in [0.4, 0.5) is 0 Å². The summed E-state index contributed by atoms with van der Waals surface area (Å²) in [5, 5.41) is 17.3. The molecule has 0 amide bonds. The molecule has 37 heavy (non-hydrogen) atoms. The van der Waals surface area contributed by atoms with Gasteiger partial charge in [0.2, 0.25) is 0 Å². The lowest BCUT2D eigenvalue weighted by atomic mass is 10.2. The van der Waals surface area contributed by atoms with Crippen LogP contribution in [0.2, 0.25) is 0 Å². The lowest BCUT2D eigenvalue weighted by molar-refractivity contribution is 0.488. The molecule has 12 nitrogen and oxygen atoms in total. The Morgan fingerprint density at radius 1 is 0.784 bits per heavy atom. The van der Waals surface area contributed by atoms with Crippen molar-refractivity contribution in [1.29, 1.82) is 10.8 Å². The zero-order chi connectivity index (χ0) is 28.0. The molecular formula is C21H26N6O6S4. The van der Waals surface area contributed by atoms with Crippen LogP contribution in [-0.2, 0) is 33.1 Å². The number of benzene rings is 2. The summed E-state index contributed by atoms with van der Waals surface area (Å²) in [6.07, 6.45) is 4.19. The number of aromatic nitrogens is 2. The molecule has 0 aliphatic heterocycles. The number of fused-ring (bicyclic) bond motifs is 2. The molecule has 4 rings (SSSR count). The van der Waals surface area contributed by atoms with Crippen molar-refractivity contribution in [2.45, 2.75) is 19.3 Å². The maximum absolute atomic E-state index is 9.19. The van der Waals surface area contributed by atoms with Gasteiger partial charge in [0.25, 0.3) is 20.2 Å². The van der Waals surface area contributed by atoms with Crippen molar-refractivity contribution in [2.75, 3.05) is 12.5 Å². The van der Waals surface area contributed by atoms with Gasteiger partial charge in [-0.05, 0) is 55.7 Å². The van der Waals surface area contributed by atoms with Crippen LogP contribution in [0.15, 0.2) is 36.4 Å². The summed E-state index contributed by atoms with van der Waals surface area (Å²) in [6.45, 7) is 0. The van der Waals surface area contributed by atoms with Crippen LogP contribution in [0.1, 0.15) is 27.6 Å². The first-order valence-electron chi connectivity index (χ1n) is 10.3. The number of nitrogen functional groups attached to an aromatic ring is 2. The summed E-state index contributed by atoms with van der Waals surface area (Å²) in [5.41, 5.74) is 14.5. The van der Waals surface area contributed by atoms with Crippen LogP contribution in [-0.4, -0.2) is 60.1 Å². The summed E-state index contributed by atoms with van der Waals surface area (Å²) >= 11 is 3.31. The SMILES string of the molecule is CS(=O)(=O)O.CS(=O)(=O)O.N=C(N)c1ccc2nc(CCCc3nc4ccc(C(=N)N)cc4s3)sc2c1. The smallest absolute Gasteiger partial charge is 0.261 e. The Morgan fingerprint density at radius 2 is 1.11 bits per heavy atom. The second-order valence-electron chi connectivity index (χ2n) is 7.73. The molecule has 16 heteroatoms. The van der Waals surface area contributed by atoms with Gasteiger partial charge in [0.1, 0.15) is 11.7 Å². The maximum Gasteiger partial charge on any atom is 0.261 e. The maximum atomic E-state index is 9.19. The Labute approximate surface area is 221 Å². The second-order valence-corrected chi connectivity index (χ2v) is 12.9. The number of nitrogens with two attached hydrogens (primary N) is 2. The number of rotatable bonds is 6. The predicted octanol–water partition coefficient (Wildman–Crippen LogP) is 2.66. The van der Waals surface area contributed by atoms with E-state index in [0.717, 1.165) is 60.8 Å². The molecule has 2 heterocycles. The lowest BCUT2D eigenvalue weighted by Crippen LogP contribution is -2.10. The number of hydrogen-bond acceptors (Lipinski definition) is 10. The van der Waals surface area contributed by atoms with Gasteiger partial charge in [-0.3, -0.25) is 19.9 Å². The number of thiazole rings is 2. The van der Waals surface area contributed by atoms with Crippen molar-refractivity contribution >= 4 is 75.0 Å². The summed E-state index contributed by atoms with van der Waals surface area (Å²) in [6, 6.07) is 11.4. The fourth-order valence-electron chi connectivity index (χ4n) is 2.88. The third kappa shape index (κ3) is 11.3. The van der Waals surface area contributed by atoms with Crippen LogP contribution in [0.25, 0.3) is 20.4 Å². The first-order valence-corrected chi connectivity index (χ1v) is 15.6. The van der Waals surface area contributed by atoms with Gasteiger partial charge >= 0.3 is 0 Å². The highest BCUT2D eigenvalue weighted by Gasteiger charge is 2.09. The highest BCUT2D eigenvalue weighted by atomic mass is 32.2. The number of nitrogens with one attached hydrogen (secondary N) is 2. The number of hydrogen-bond donors (Lipinski definition) is 6. The van der Waals surface area contributed by atoms with Crippen LogP contribution in [0.3, 0.4) is 0 Å². The van der Waals surface area contributed by atoms with E-state index < -0.39 is 20.2 Å². The van der Waals surface area contributed by atoms with E-state index >= 15 is 0 Å². The highest BCUT2D eigenvalue weighted by molar-refractivity contribution is 7.85. The van der Waals surface area contributed by atoms with E-state index in [1.807, 2.05) is 36.4 Å². The van der Waals surface area contributed by atoms with Crippen LogP contribution < -0.4 is 11.5 Å². The first kappa shape index (κ1) is 30.2. The summed E-state index contributed by atoms with van der Waals surface area (Å²) in [7, 11) is -7.33. The third-order valence-corrected chi connectivity index (χ3v) is 6.42. The van der Waals surface area contributed by atoms with Crippen LogP contribution >= 0.6 is 22.7 Å². The van der Waals surface area contributed by atoms with Crippen LogP contribution in [0.5, 0.6) is 0 Å². The molecule has 2 aromatic heterocycles. The molecule has 0 saturated heterocycles. The molecule has 0 radical (unpaired) electrons. The molecule has 200 valence electrons. The summed E-state index contributed by atoms with van der Waals surface area (Å²) < 4.78 is 53.9. The molecule has 0 bridgehead atoms. The molecule has 0 saturated carbocycles. The van der Waals surface area contributed by atoms with Crippen molar-refractivity contribution in [2.24, 2.45) is 11.5 Å². The van der Waals surface area contributed by atoms with Gasteiger partial charge < -0.3 is 11.5 Å². The minimum atomic E-state index is -3.67. The Hall–Kier alpha value is -3.02. The van der Waals surface area contributed by atoms with E-state index in [-0.39, 0.29) is 11.7 Å². The Kier molecular flexibility index (Phi) is 10.2. The van der Waals surface area contributed by atoms with Gasteiger partial charge in [0, 0.05) is 11.1 Å². The van der Waals surface area contributed by atoms with E-state index in [0.29, 0.717) is 12.5 Å². The minimum Gasteiger partial charge on any atom is -0.384 e. The van der Waals surface area contributed by atoms with Crippen molar-refractivity contribution in [3.8, 4) is 0 Å². The van der Waals surface area contributed by atoms with E-state index in [4.69, 9.17) is 31.4 Å². The molecule has 0 unspecified atom stereocenters. The standard InChI is InChI=1S/C19H18N6S2.2CH4O3S/c20-18(21)10-4-6-12-14(8-10)26-16(24-12)2-1-3-17-25-13-7-5-11(19(22)23)9-15(13)27-17;2*1-5(2,3)4/h4-9H,1-3H2,(H3,20,21)(H3,22,23);2*1H3,(H,2,3,4). The van der Waals surface area contributed by atoms with E-state index in [9.17, 15) is 16.8 Å². The fourth-order valence-corrected chi connectivity index (χ4v) is 4.98. The van der Waals surface area contributed by atoms with Gasteiger partial charge in [-0.1, -0.05) is 0 Å². The van der Waals surface area contributed by atoms with Gasteiger partial charge in [0.05, 0.1) is 43.0 Å². The fraction of sp³-hybridized carbons (Fsp3) is 0.238. The largest absolute Gasteiger partial charge is 0.384 e. The molecular weight excluding hydrogens is 561 g/mol. The van der Waals surface area contributed by atoms with Crippen molar-refractivity contribution in [1.82, 2.24) is 9.97 Å². The monoisotopic (exact) mass is 586 g/mol. The average molecular weight is 587 g/mol. The molecule has 4 aromatic rings. The number of amidine groups is 2. The Balaban J connectivity index is 0.000000412. The normalized spacial score (nSPS) is 11.4. The molecule has 0 aliphatic carbocycles. The zero-order valence-corrected chi connectivity index (χ0v) is 23.1. The second kappa shape index (κ2) is 12.5. The molecule has 0 atom stereocenters. The average Bonchev–Trinajstić information content (AvgIpc) is 3.32. The molecule has 0 aliphatic rings. The topological polar surface area (TPSA) is 234 Å². The Morgan fingerprint density at radius 3 is 1.41 bits per heavy atom. The quantitative estimate of drug-likeness (QED) is 0.110. The van der Waals surface area contributed by atoms with Gasteiger partial charge in [-0.2, -0.15) is 16.8 Å². The van der Waals surface area contributed by atoms with Gasteiger partial charge in [-0.25, -0.2) is 9.97 Å². The Bertz CT molecular complexity index is 1510. The highest BCUT2D eigenvalue weighted by Crippen LogP contribution is 2.27. The predicted molar refractivity (Wildman–Crippen MR) is 148 cm³/mol. The molecule has 2 aromatic carbocycles. The van der Waals surface area contributed by atoms with Gasteiger partial charge in [0.15, 0.2) is 0 Å². The van der Waals surface area contributed by atoms with Crippen molar-refractivity contribution in [3.05, 3.63) is 57.5 Å².